The molecule has 0 saturated carbocycles. The van der Waals surface area contributed by atoms with Crippen LogP contribution in [0.4, 0.5) is 0 Å². The van der Waals surface area contributed by atoms with Crippen LogP contribution in [0, 0.1) is 0 Å². The van der Waals surface area contributed by atoms with Gasteiger partial charge in [0.15, 0.2) is 0 Å². The zero-order valence-electron chi connectivity index (χ0n) is 12.6. The van der Waals surface area contributed by atoms with Crippen LogP contribution in [-0.2, 0) is 9.53 Å². The molecule has 2 heterocycles. The van der Waals surface area contributed by atoms with Crippen molar-refractivity contribution in [3.8, 4) is 0 Å². The monoisotopic (exact) mass is 293 g/mol. The van der Waals surface area contributed by atoms with Crippen molar-refractivity contribution < 1.29 is 14.3 Å². The number of ether oxygens (including phenoxy) is 1. The molecule has 1 aliphatic rings. The van der Waals surface area contributed by atoms with E-state index in [4.69, 9.17) is 4.74 Å². The zero-order chi connectivity index (χ0) is 15.2. The highest BCUT2D eigenvalue weighted by molar-refractivity contribution is 5.95. The van der Waals surface area contributed by atoms with E-state index in [1.165, 1.54) is 0 Å². The molecule has 6 heteroatoms. The Labute approximate surface area is 124 Å². The summed E-state index contributed by atoms with van der Waals surface area (Å²) in [5, 5.41) is 6.01. The predicted octanol–water partition coefficient (Wildman–Crippen LogP) is 1.09. The first-order chi connectivity index (χ1) is 10.1. The van der Waals surface area contributed by atoms with Gasteiger partial charge in [0.2, 0.25) is 0 Å². The van der Waals surface area contributed by atoms with E-state index in [-0.39, 0.29) is 5.91 Å². The van der Waals surface area contributed by atoms with Crippen molar-refractivity contribution in [2.75, 3.05) is 19.7 Å². The maximum atomic E-state index is 12.3. The summed E-state index contributed by atoms with van der Waals surface area (Å²) in [5.41, 5.74) is 0.595. The molecule has 116 valence electrons. The SMILES string of the molecule is CCOC(=O)C(C)NC(=O)c1cccn1C1CCNCC1. The van der Waals surface area contributed by atoms with Crippen molar-refractivity contribution in [2.24, 2.45) is 0 Å². The fourth-order valence-electron chi connectivity index (χ4n) is 2.59. The number of rotatable bonds is 5. The minimum absolute atomic E-state index is 0.237. The summed E-state index contributed by atoms with van der Waals surface area (Å²) in [7, 11) is 0. The van der Waals surface area contributed by atoms with Gasteiger partial charge in [-0.2, -0.15) is 0 Å². The third-order valence-corrected chi connectivity index (χ3v) is 3.70. The van der Waals surface area contributed by atoms with E-state index >= 15 is 0 Å². The number of carbonyl (C=O) groups is 2. The molecule has 1 aliphatic heterocycles. The summed E-state index contributed by atoms with van der Waals surface area (Å²) in [4.78, 5) is 23.9. The number of amides is 1. The van der Waals surface area contributed by atoms with Crippen LogP contribution in [0.3, 0.4) is 0 Å². The second-order valence-corrected chi connectivity index (χ2v) is 5.23. The van der Waals surface area contributed by atoms with Gasteiger partial charge in [-0.3, -0.25) is 4.79 Å². The topological polar surface area (TPSA) is 72.4 Å². The summed E-state index contributed by atoms with van der Waals surface area (Å²) in [6.45, 7) is 5.61. The van der Waals surface area contributed by atoms with Crippen LogP contribution in [-0.4, -0.2) is 42.2 Å². The number of piperidine rings is 1. The molecule has 0 aromatic carbocycles. The number of hydrogen-bond donors (Lipinski definition) is 2. The summed E-state index contributed by atoms with van der Waals surface area (Å²) in [6, 6.07) is 3.34. The Morgan fingerprint density at radius 2 is 2.19 bits per heavy atom. The van der Waals surface area contributed by atoms with Gasteiger partial charge in [0.05, 0.1) is 6.61 Å². The lowest BCUT2D eigenvalue weighted by molar-refractivity contribution is -0.144. The molecule has 1 atom stereocenters. The maximum Gasteiger partial charge on any atom is 0.328 e. The first-order valence-corrected chi connectivity index (χ1v) is 7.48. The molecule has 0 radical (unpaired) electrons. The Kier molecular flexibility index (Phi) is 5.38. The molecule has 1 aromatic heterocycles. The predicted molar refractivity (Wildman–Crippen MR) is 79.1 cm³/mol. The van der Waals surface area contributed by atoms with Crippen molar-refractivity contribution in [1.82, 2.24) is 15.2 Å². The molecule has 21 heavy (non-hydrogen) atoms. The second kappa shape index (κ2) is 7.26. The van der Waals surface area contributed by atoms with E-state index < -0.39 is 12.0 Å². The van der Waals surface area contributed by atoms with E-state index in [1.807, 2.05) is 16.8 Å². The second-order valence-electron chi connectivity index (χ2n) is 5.23. The molecule has 0 spiro atoms. The molecule has 1 saturated heterocycles. The van der Waals surface area contributed by atoms with Crippen LogP contribution in [0.25, 0.3) is 0 Å². The Morgan fingerprint density at radius 1 is 1.48 bits per heavy atom. The number of esters is 1. The average Bonchev–Trinajstić information content (AvgIpc) is 2.98. The molecule has 0 aliphatic carbocycles. The molecule has 0 bridgehead atoms. The minimum atomic E-state index is -0.645. The number of aromatic nitrogens is 1. The van der Waals surface area contributed by atoms with E-state index in [0.717, 1.165) is 25.9 Å². The minimum Gasteiger partial charge on any atom is -0.464 e. The molecule has 1 unspecified atom stereocenters. The van der Waals surface area contributed by atoms with E-state index in [1.54, 1.807) is 19.9 Å². The normalized spacial score (nSPS) is 17.2. The molecule has 2 N–H and O–H groups in total. The van der Waals surface area contributed by atoms with Crippen LogP contribution in [0.2, 0.25) is 0 Å². The maximum absolute atomic E-state index is 12.3. The largest absolute Gasteiger partial charge is 0.464 e. The Hall–Kier alpha value is -1.82. The van der Waals surface area contributed by atoms with Gasteiger partial charge >= 0.3 is 5.97 Å². The van der Waals surface area contributed by atoms with Crippen LogP contribution in [0.5, 0.6) is 0 Å². The quantitative estimate of drug-likeness (QED) is 0.797. The van der Waals surface area contributed by atoms with Crippen LogP contribution in [0.15, 0.2) is 18.3 Å². The zero-order valence-corrected chi connectivity index (χ0v) is 12.6. The molecule has 1 fully saturated rings. The molecular weight excluding hydrogens is 270 g/mol. The van der Waals surface area contributed by atoms with Gasteiger partial charge in [0.25, 0.3) is 5.91 Å². The molecule has 6 nitrogen and oxygen atoms in total. The van der Waals surface area contributed by atoms with Crippen LogP contribution in [0.1, 0.15) is 43.2 Å². The van der Waals surface area contributed by atoms with Gasteiger partial charge in [-0.05, 0) is 51.9 Å². The first-order valence-electron chi connectivity index (χ1n) is 7.48. The first kappa shape index (κ1) is 15.6. The Bertz CT molecular complexity index is 492. The van der Waals surface area contributed by atoms with Gasteiger partial charge in [-0.25, -0.2) is 4.79 Å². The summed E-state index contributed by atoms with van der Waals surface area (Å²) >= 11 is 0. The Balaban J connectivity index is 2.02. The van der Waals surface area contributed by atoms with E-state index in [0.29, 0.717) is 18.3 Å². The lowest BCUT2D eigenvalue weighted by Crippen LogP contribution is -2.41. The average molecular weight is 293 g/mol. The van der Waals surface area contributed by atoms with Gasteiger partial charge in [-0.15, -0.1) is 0 Å². The van der Waals surface area contributed by atoms with Crippen LogP contribution >= 0.6 is 0 Å². The summed E-state index contributed by atoms with van der Waals surface area (Å²) in [6.07, 6.45) is 3.94. The van der Waals surface area contributed by atoms with Crippen molar-refractivity contribution in [3.05, 3.63) is 24.0 Å². The van der Waals surface area contributed by atoms with Gasteiger partial charge in [0, 0.05) is 12.2 Å². The van der Waals surface area contributed by atoms with Crippen molar-refractivity contribution in [3.63, 3.8) is 0 Å². The highest BCUT2D eigenvalue weighted by Gasteiger charge is 2.22. The van der Waals surface area contributed by atoms with Crippen LogP contribution < -0.4 is 10.6 Å². The lowest BCUT2D eigenvalue weighted by atomic mass is 10.1. The summed E-state index contributed by atoms with van der Waals surface area (Å²) < 4.78 is 6.91. The van der Waals surface area contributed by atoms with Crippen molar-refractivity contribution in [2.45, 2.75) is 38.8 Å². The lowest BCUT2D eigenvalue weighted by Gasteiger charge is -2.26. The third kappa shape index (κ3) is 3.85. The van der Waals surface area contributed by atoms with Gasteiger partial charge in [0.1, 0.15) is 11.7 Å². The molecule has 1 amide bonds. The molecule has 1 aromatic rings. The van der Waals surface area contributed by atoms with Crippen molar-refractivity contribution in [1.29, 1.82) is 0 Å². The third-order valence-electron chi connectivity index (χ3n) is 3.70. The smallest absolute Gasteiger partial charge is 0.328 e. The van der Waals surface area contributed by atoms with Gasteiger partial charge < -0.3 is 19.9 Å². The van der Waals surface area contributed by atoms with E-state index in [9.17, 15) is 9.59 Å². The number of nitrogens with zero attached hydrogens (tertiary/aromatic N) is 1. The van der Waals surface area contributed by atoms with Crippen molar-refractivity contribution >= 4 is 11.9 Å². The fraction of sp³-hybridized carbons (Fsp3) is 0.600. The standard InChI is InChI=1S/C15H23N3O3/c1-3-21-15(20)11(2)17-14(19)13-5-4-10-18(13)12-6-8-16-9-7-12/h4-5,10-12,16H,3,6-9H2,1-2H3,(H,17,19). The molecular formula is C15H23N3O3. The Morgan fingerprint density at radius 3 is 2.86 bits per heavy atom. The highest BCUT2D eigenvalue weighted by atomic mass is 16.5. The number of hydrogen-bond acceptors (Lipinski definition) is 4. The summed E-state index contributed by atoms with van der Waals surface area (Å²) in [5.74, 6) is -0.648. The number of carbonyl (C=O) groups excluding carboxylic acids is 2. The van der Waals surface area contributed by atoms with Gasteiger partial charge in [-0.1, -0.05) is 0 Å². The fourth-order valence-corrected chi connectivity index (χ4v) is 2.59. The molecule has 2 rings (SSSR count). The number of nitrogens with one attached hydrogen (secondary N) is 2. The highest BCUT2D eigenvalue weighted by Crippen LogP contribution is 2.21. The van der Waals surface area contributed by atoms with E-state index in [2.05, 4.69) is 10.6 Å².